The number of nitrogen functional groups attached to an aromatic ring is 1. The van der Waals surface area contributed by atoms with Crippen LogP contribution in [-0.2, 0) is 0 Å². The van der Waals surface area contributed by atoms with Crippen LogP contribution >= 0.6 is 0 Å². The second-order valence-corrected chi connectivity index (χ2v) is 4.37. The standard InChI is InChI=1S/C14H23N3O/c1-3-4-5-6-9-17-13-8-7-11(10-12(13)15)14(18)16-2/h7-8,10,17H,3-6,9,15H2,1-2H3,(H,16,18). The Morgan fingerprint density at radius 2 is 2.06 bits per heavy atom. The molecule has 4 nitrogen and oxygen atoms in total. The molecule has 0 fully saturated rings. The van der Waals surface area contributed by atoms with Gasteiger partial charge in [0.1, 0.15) is 0 Å². The Morgan fingerprint density at radius 3 is 2.67 bits per heavy atom. The van der Waals surface area contributed by atoms with Gasteiger partial charge in [-0.05, 0) is 24.6 Å². The molecule has 0 aliphatic carbocycles. The van der Waals surface area contributed by atoms with E-state index in [2.05, 4.69) is 17.6 Å². The minimum Gasteiger partial charge on any atom is -0.397 e. The number of anilines is 2. The van der Waals surface area contributed by atoms with Crippen LogP contribution in [0.2, 0.25) is 0 Å². The second-order valence-electron chi connectivity index (χ2n) is 4.37. The number of carbonyl (C=O) groups is 1. The molecule has 0 unspecified atom stereocenters. The lowest BCUT2D eigenvalue weighted by Gasteiger charge is -2.10. The van der Waals surface area contributed by atoms with Crippen LogP contribution in [0.25, 0.3) is 0 Å². The summed E-state index contributed by atoms with van der Waals surface area (Å²) in [6, 6.07) is 5.34. The van der Waals surface area contributed by atoms with Crippen molar-refractivity contribution in [2.24, 2.45) is 0 Å². The molecule has 1 aromatic carbocycles. The normalized spacial score (nSPS) is 10.1. The molecule has 0 bridgehead atoms. The summed E-state index contributed by atoms with van der Waals surface area (Å²) in [6.45, 7) is 3.12. The van der Waals surface area contributed by atoms with E-state index in [9.17, 15) is 4.79 Å². The molecule has 0 aliphatic heterocycles. The molecule has 0 atom stereocenters. The van der Waals surface area contributed by atoms with Crippen molar-refractivity contribution in [1.82, 2.24) is 5.32 Å². The van der Waals surface area contributed by atoms with Gasteiger partial charge in [0.25, 0.3) is 5.91 Å². The number of benzene rings is 1. The lowest BCUT2D eigenvalue weighted by atomic mass is 10.1. The van der Waals surface area contributed by atoms with E-state index in [4.69, 9.17) is 5.73 Å². The minimum absolute atomic E-state index is 0.115. The Morgan fingerprint density at radius 1 is 1.28 bits per heavy atom. The lowest BCUT2D eigenvalue weighted by Crippen LogP contribution is -2.18. The summed E-state index contributed by atoms with van der Waals surface area (Å²) in [5, 5.41) is 5.88. The van der Waals surface area contributed by atoms with Crippen LogP contribution in [0, 0.1) is 0 Å². The predicted octanol–water partition coefficient (Wildman–Crippen LogP) is 2.62. The van der Waals surface area contributed by atoms with E-state index in [1.165, 1.54) is 19.3 Å². The zero-order valence-corrected chi connectivity index (χ0v) is 11.3. The van der Waals surface area contributed by atoms with Crippen LogP contribution in [0.1, 0.15) is 43.0 Å². The first-order chi connectivity index (χ1) is 8.69. The van der Waals surface area contributed by atoms with E-state index in [1.54, 1.807) is 19.2 Å². The molecule has 0 aromatic heterocycles. The molecule has 4 heteroatoms. The molecule has 1 amide bonds. The van der Waals surface area contributed by atoms with Gasteiger partial charge in [0.15, 0.2) is 0 Å². The van der Waals surface area contributed by atoms with Crippen molar-refractivity contribution in [3.63, 3.8) is 0 Å². The Bertz CT molecular complexity index is 391. The molecule has 0 saturated carbocycles. The van der Waals surface area contributed by atoms with Crippen LogP contribution in [0.15, 0.2) is 18.2 Å². The summed E-state index contributed by atoms with van der Waals surface area (Å²) in [4.78, 5) is 11.4. The third-order valence-electron chi connectivity index (χ3n) is 2.89. The smallest absolute Gasteiger partial charge is 0.251 e. The van der Waals surface area contributed by atoms with E-state index < -0.39 is 0 Å². The molecular formula is C14H23N3O. The quantitative estimate of drug-likeness (QED) is 0.514. The number of hydrogen-bond donors (Lipinski definition) is 3. The van der Waals surface area contributed by atoms with Gasteiger partial charge in [0.2, 0.25) is 0 Å². The zero-order valence-electron chi connectivity index (χ0n) is 11.3. The molecule has 100 valence electrons. The molecule has 0 spiro atoms. The average molecular weight is 249 g/mol. The molecular weight excluding hydrogens is 226 g/mol. The van der Waals surface area contributed by atoms with E-state index >= 15 is 0 Å². The molecule has 0 saturated heterocycles. The summed E-state index contributed by atoms with van der Waals surface area (Å²) < 4.78 is 0. The Kier molecular flexibility index (Phi) is 6.05. The topological polar surface area (TPSA) is 67.2 Å². The van der Waals surface area contributed by atoms with Crippen molar-refractivity contribution < 1.29 is 4.79 Å². The third-order valence-corrected chi connectivity index (χ3v) is 2.89. The van der Waals surface area contributed by atoms with Crippen molar-refractivity contribution in [2.75, 3.05) is 24.6 Å². The van der Waals surface area contributed by atoms with Gasteiger partial charge in [-0.15, -0.1) is 0 Å². The number of nitrogens with two attached hydrogens (primary N) is 1. The average Bonchev–Trinajstić information content (AvgIpc) is 2.39. The fourth-order valence-electron chi connectivity index (χ4n) is 1.78. The molecule has 0 aliphatic rings. The summed E-state index contributed by atoms with van der Waals surface area (Å²) in [7, 11) is 1.61. The van der Waals surface area contributed by atoms with E-state index in [1.807, 2.05) is 6.07 Å². The van der Waals surface area contributed by atoms with Gasteiger partial charge in [0, 0.05) is 19.2 Å². The van der Waals surface area contributed by atoms with Crippen LogP contribution in [0.4, 0.5) is 11.4 Å². The Hall–Kier alpha value is -1.71. The van der Waals surface area contributed by atoms with Gasteiger partial charge in [-0.2, -0.15) is 0 Å². The molecule has 4 N–H and O–H groups in total. The summed E-state index contributed by atoms with van der Waals surface area (Å²) in [6.07, 6.45) is 4.89. The number of nitrogens with one attached hydrogen (secondary N) is 2. The van der Waals surface area contributed by atoms with E-state index in [0.29, 0.717) is 11.3 Å². The summed E-state index contributed by atoms with van der Waals surface area (Å²) >= 11 is 0. The van der Waals surface area contributed by atoms with Gasteiger partial charge in [-0.3, -0.25) is 4.79 Å². The maximum Gasteiger partial charge on any atom is 0.251 e. The van der Waals surface area contributed by atoms with Crippen molar-refractivity contribution in [3.05, 3.63) is 23.8 Å². The second kappa shape index (κ2) is 7.58. The lowest BCUT2D eigenvalue weighted by molar-refractivity contribution is 0.0963. The molecule has 18 heavy (non-hydrogen) atoms. The number of hydrogen-bond acceptors (Lipinski definition) is 3. The number of rotatable bonds is 7. The first kappa shape index (κ1) is 14.4. The maximum atomic E-state index is 11.4. The van der Waals surface area contributed by atoms with Gasteiger partial charge < -0.3 is 16.4 Å². The highest BCUT2D eigenvalue weighted by Gasteiger charge is 2.05. The fraction of sp³-hybridized carbons (Fsp3) is 0.500. The van der Waals surface area contributed by atoms with Crippen LogP contribution < -0.4 is 16.4 Å². The van der Waals surface area contributed by atoms with Crippen molar-refractivity contribution in [1.29, 1.82) is 0 Å². The fourth-order valence-corrected chi connectivity index (χ4v) is 1.78. The monoisotopic (exact) mass is 249 g/mol. The first-order valence-corrected chi connectivity index (χ1v) is 6.54. The van der Waals surface area contributed by atoms with Gasteiger partial charge in [-0.25, -0.2) is 0 Å². The highest BCUT2D eigenvalue weighted by Crippen LogP contribution is 2.20. The van der Waals surface area contributed by atoms with Crippen molar-refractivity contribution in [3.8, 4) is 0 Å². The highest BCUT2D eigenvalue weighted by atomic mass is 16.1. The largest absolute Gasteiger partial charge is 0.397 e. The van der Waals surface area contributed by atoms with Crippen molar-refractivity contribution in [2.45, 2.75) is 32.6 Å². The number of carbonyl (C=O) groups excluding carboxylic acids is 1. The molecule has 1 rings (SSSR count). The summed E-state index contributed by atoms with van der Waals surface area (Å²) in [5.41, 5.74) is 8.02. The van der Waals surface area contributed by atoms with E-state index in [-0.39, 0.29) is 5.91 Å². The van der Waals surface area contributed by atoms with E-state index in [0.717, 1.165) is 18.7 Å². The van der Waals surface area contributed by atoms with Crippen molar-refractivity contribution >= 4 is 17.3 Å². The summed E-state index contributed by atoms with van der Waals surface area (Å²) in [5.74, 6) is -0.115. The minimum atomic E-state index is -0.115. The van der Waals surface area contributed by atoms with Gasteiger partial charge >= 0.3 is 0 Å². The zero-order chi connectivity index (χ0) is 13.4. The Labute approximate surface area is 109 Å². The van der Waals surface area contributed by atoms with Crippen LogP contribution in [-0.4, -0.2) is 19.5 Å². The SMILES string of the molecule is CCCCCCNc1ccc(C(=O)NC)cc1N. The highest BCUT2D eigenvalue weighted by molar-refractivity contribution is 5.95. The first-order valence-electron chi connectivity index (χ1n) is 6.54. The van der Waals surface area contributed by atoms with Crippen LogP contribution in [0.3, 0.4) is 0 Å². The van der Waals surface area contributed by atoms with Gasteiger partial charge in [-0.1, -0.05) is 26.2 Å². The molecule has 1 aromatic rings. The number of unbranched alkanes of at least 4 members (excludes halogenated alkanes) is 3. The van der Waals surface area contributed by atoms with Crippen LogP contribution in [0.5, 0.6) is 0 Å². The number of amides is 1. The van der Waals surface area contributed by atoms with Gasteiger partial charge in [0.05, 0.1) is 11.4 Å². The molecule has 0 radical (unpaired) electrons. The molecule has 0 heterocycles. The Balaban J connectivity index is 2.49. The maximum absolute atomic E-state index is 11.4. The third kappa shape index (κ3) is 4.28. The predicted molar refractivity (Wildman–Crippen MR) is 76.9 cm³/mol.